The highest BCUT2D eigenvalue weighted by Crippen LogP contribution is 2.11. The second kappa shape index (κ2) is 7.62. The molecule has 92 valence electrons. The maximum Gasteiger partial charge on any atom is 0.241 e. The van der Waals surface area contributed by atoms with Crippen LogP contribution in [0.5, 0.6) is 0 Å². The summed E-state index contributed by atoms with van der Waals surface area (Å²) in [5, 5.41) is 1.99. The monoisotopic (exact) mass is 264 g/mol. The lowest BCUT2D eigenvalue weighted by molar-refractivity contribution is -0.132. The first-order chi connectivity index (χ1) is 7.15. The summed E-state index contributed by atoms with van der Waals surface area (Å²) in [5.74, 6) is -0.0924. The Hall–Kier alpha value is -0.620. The van der Waals surface area contributed by atoms with Crippen LogP contribution in [-0.4, -0.2) is 37.6 Å². The first-order valence-electron chi connectivity index (χ1n) is 4.67. The highest BCUT2D eigenvalue weighted by molar-refractivity contribution is 7.09. The van der Waals surface area contributed by atoms with Crippen molar-refractivity contribution in [1.82, 2.24) is 4.90 Å². The number of amides is 1. The third kappa shape index (κ3) is 4.49. The Morgan fingerprint density at radius 3 is 2.88 bits per heavy atom. The summed E-state index contributed by atoms with van der Waals surface area (Å²) in [6.07, 6.45) is 0. The summed E-state index contributed by atoms with van der Waals surface area (Å²) >= 11 is 1.63. The zero-order valence-corrected chi connectivity index (χ0v) is 11.0. The van der Waals surface area contributed by atoms with E-state index in [1.54, 1.807) is 23.3 Å². The average Bonchev–Trinajstić information content (AvgIpc) is 2.69. The Morgan fingerprint density at radius 1 is 1.69 bits per heavy atom. The molecule has 1 unspecified atom stereocenters. The van der Waals surface area contributed by atoms with E-state index in [4.69, 9.17) is 10.5 Å². The van der Waals surface area contributed by atoms with Gasteiger partial charge in [0.05, 0.1) is 13.2 Å². The van der Waals surface area contributed by atoms with Crippen molar-refractivity contribution in [3.05, 3.63) is 22.4 Å². The maximum atomic E-state index is 11.7. The van der Waals surface area contributed by atoms with Gasteiger partial charge in [0, 0.05) is 19.0 Å². The molecule has 2 N–H and O–H groups in total. The van der Waals surface area contributed by atoms with Crippen molar-refractivity contribution in [3.8, 4) is 0 Å². The van der Waals surface area contributed by atoms with Gasteiger partial charge < -0.3 is 15.4 Å². The molecular formula is C10H17ClN2O2S. The number of carbonyl (C=O) groups excluding carboxylic acids is 1. The van der Waals surface area contributed by atoms with Crippen LogP contribution in [0, 0.1) is 0 Å². The highest BCUT2D eigenvalue weighted by Gasteiger charge is 2.17. The zero-order chi connectivity index (χ0) is 11.3. The van der Waals surface area contributed by atoms with Crippen LogP contribution in [0.25, 0.3) is 0 Å². The van der Waals surface area contributed by atoms with Crippen LogP contribution >= 0.6 is 23.7 Å². The van der Waals surface area contributed by atoms with E-state index in [9.17, 15) is 4.79 Å². The summed E-state index contributed by atoms with van der Waals surface area (Å²) in [5.41, 5.74) is 5.64. The Morgan fingerprint density at radius 2 is 2.38 bits per heavy atom. The van der Waals surface area contributed by atoms with E-state index in [0.29, 0.717) is 6.54 Å². The van der Waals surface area contributed by atoms with Gasteiger partial charge in [-0.25, -0.2) is 0 Å². The molecule has 0 saturated carbocycles. The molecular weight excluding hydrogens is 248 g/mol. The summed E-state index contributed by atoms with van der Waals surface area (Å²) in [4.78, 5) is 14.5. The number of halogens is 1. The minimum absolute atomic E-state index is 0. The molecule has 0 radical (unpaired) electrons. The van der Waals surface area contributed by atoms with Crippen molar-refractivity contribution in [2.75, 3.05) is 20.8 Å². The second-order valence-corrected chi connectivity index (χ2v) is 4.37. The van der Waals surface area contributed by atoms with E-state index in [2.05, 4.69) is 0 Å². The van der Waals surface area contributed by atoms with Gasteiger partial charge in [-0.3, -0.25) is 4.79 Å². The van der Waals surface area contributed by atoms with Gasteiger partial charge in [0.2, 0.25) is 5.91 Å². The van der Waals surface area contributed by atoms with Crippen LogP contribution in [0.2, 0.25) is 0 Å². The fourth-order valence-corrected chi connectivity index (χ4v) is 2.01. The molecule has 1 amide bonds. The van der Waals surface area contributed by atoms with Gasteiger partial charge >= 0.3 is 0 Å². The fourth-order valence-electron chi connectivity index (χ4n) is 1.25. The largest absolute Gasteiger partial charge is 0.383 e. The van der Waals surface area contributed by atoms with Crippen molar-refractivity contribution < 1.29 is 9.53 Å². The molecule has 0 bridgehead atoms. The van der Waals surface area contributed by atoms with Gasteiger partial charge in [-0.1, -0.05) is 6.07 Å². The topological polar surface area (TPSA) is 55.6 Å². The number of hydrogen-bond acceptors (Lipinski definition) is 4. The van der Waals surface area contributed by atoms with Gasteiger partial charge in [-0.05, 0) is 11.4 Å². The van der Waals surface area contributed by atoms with Crippen molar-refractivity contribution in [2.24, 2.45) is 5.73 Å². The van der Waals surface area contributed by atoms with E-state index in [0.717, 1.165) is 4.88 Å². The molecule has 0 fully saturated rings. The smallest absolute Gasteiger partial charge is 0.241 e. The lowest BCUT2D eigenvalue weighted by atomic mass is 10.3. The number of rotatable bonds is 5. The third-order valence-electron chi connectivity index (χ3n) is 2.01. The van der Waals surface area contributed by atoms with E-state index in [1.807, 2.05) is 17.5 Å². The minimum atomic E-state index is -0.569. The molecule has 0 aliphatic rings. The summed E-state index contributed by atoms with van der Waals surface area (Å²) in [6.45, 7) is 0.863. The number of hydrogen-bond donors (Lipinski definition) is 1. The van der Waals surface area contributed by atoms with E-state index < -0.39 is 6.04 Å². The van der Waals surface area contributed by atoms with Crippen molar-refractivity contribution in [3.63, 3.8) is 0 Å². The number of nitrogens with two attached hydrogens (primary N) is 1. The Balaban J connectivity index is 0.00000225. The standard InChI is InChI=1S/C10H16N2O2S.ClH/c1-12(6-8-4-3-5-15-8)10(13)9(11)7-14-2;/h3-5,9H,6-7,11H2,1-2H3;1H. The van der Waals surface area contributed by atoms with Crippen molar-refractivity contribution in [2.45, 2.75) is 12.6 Å². The second-order valence-electron chi connectivity index (χ2n) is 3.34. The van der Waals surface area contributed by atoms with Gasteiger partial charge in [0.25, 0.3) is 0 Å². The van der Waals surface area contributed by atoms with Crippen LogP contribution < -0.4 is 5.73 Å². The molecule has 16 heavy (non-hydrogen) atoms. The van der Waals surface area contributed by atoms with Gasteiger partial charge in [-0.2, -0.15) is 0 Å². The Kier molecular flexibility index (Phi) is 7.33. The SMILES string of the molecule is COCC(N)C(=O)N(C)Cc1cccs1.Cl. The number of ether oxygens (including phenoxy) is 1. The molecule has 0 aromatic carbocycles. The molecule has 1 atom stereocenters. The Labute approximate surface area is 106 Å². The summed E-state index contributed by atoms with van der Waals surface area (Å²) < 4.78 is 4.84. The van der Waals surface area contributed by atoms with Crippen molar-refractivity contribution >= 4 is 29.7 Å². The molecule has 4 nitrogen and oxygen atoms in total. The quantitative estimate of drug-likeness (QED) is 0.867. The maximum absolute atomic E-state index is 11.7. The van der Waals surface area contributed by atoms with Crippen LogP contribution in [0.4, 0.5) is 0 Å². The van der Waals surface area contributed by atoms with Gasteiger partial charge in [-0.15, -0.1) is 23.7 Å². The molecule has 1 rings (SSSR count). The lowest BCUT2D eigenvalue weighted by Gasteiger charge is -2.20. The minimum Gasteiger partial charge on any atom is -0.383 e. The number of methoxy groups -OCH3 is 1. The predicted octanol–water partition coefficient (Wildman–Crippen LogP) is 1.10. The van der Waals surface area contributed by atoms with Crippen LogP contribution in [0.1, 0.15) is 4.88 Å². The third-order valence-corrected chi connectivity index (χ3v) is 2.87. The molecule has 0 spiro atoms. The van der Waals surface area contributed by atoms with Crippen molar-refractivity contribution in [1.29, 1.82) is 0 Å². The lowest BCUT2D eigenvalue weighted by Crippen LogP contribution is -2.43. The van der Waals surface area contributed by atoms with Gasteiger partial charge in [0.15, 0.2) is 0 Å². The first-order valence-corrected chi connectivity index (χ1v) is 5.55. The van der Waals surface area contributed by atoms with Crippen LogP contribution in [0.15, 0.2) is 17.5 Å². The molecule has 0 aliphatic heterocycles. The zero-order valence-electron chi connectivity index (χ0n) is 9.38. The summed E-state index contributed by atoms with van der Waals surface area (Å²) in [7, 11) is 3.28. The number of carbonyl (C=O) groups is 1. The number of thiophene rings is 1. The fraction of sp³-hybridized carbons (Fsp3) is 0.500. The molecule has 1 heterocycles. The molecule has 0 saturated heterocycles. The van der Waals surface area contributed by atoms with E-state index >= 15 is 0 Å². The first kappa shape index (κ1) is 15.4. The summed E-state index contributed by atoms with van der Waals surface area (Å²) in [6, 6.07) is 3.39. The van der Waals surface area contributed by atoms with E-state index in [1.165, 1.54) is 7.11 Å². The number of likely N-dealkylation sites (N-methyl/N-ethyl adjacent to an activating group) is 1. The average molecular weight is 265 g/mol. The molecule has 6 heteroatoms. The highest BCUT2D eigenvalue weighted by atomic mass is 35.5. The predicted molar refractivity (Wildman–Crippen MR) is 67.9 cm³/mol. The van der Waals surface area contributed by atoms with Gasteiger partial charge in [0.1, 0.15) is 6.04 Å². The van der Waals surface area contributed by atoms with E-state index in [-0.39, 0.29) is 24.9 Å². The molecule has 0 aliphatic carbocycles. The van der Waals surface area contributed by atoms with Crippen LogP contribution in [-0.2, 0) is 16.1 Å². The number of nitrogens with zero attached hydrogens (tertiary/aromatic N) is 1. The molecule has 1 aromatic heterocycles. The molecule has 1 aromatic rings. The normalized spacial score (nSPS) is 11.7. The van der Waals surface area contributed by atoms with Crippen LogP contribution in [0.3, 0.4) is 0 Å². The Bertz CT molecular complexity index is 306.